The van der Waals surface area contributed by atoms with Gasteiger partial charge in [-0.15, -0.1) is 11.3 Å². The van der Waals surface area contributed by atoms with Crippen molar-refractivity contribution in [2.75, 3.05) is 11.9 Å². The summed E-state index contributed by atoms with van der Waals surface area (Å²) in [5.41, 5.74) is 0.622. The molecule has 1 aliphatic heterocycles. The average Bonchev–Trinajstić information content (AvgIpc) is 3.15. The van der Waals surface area contributed by atoms with Gasteiger partial charge in [-0.2, -0.15) is 0 Å². The Hall–Kier alpha value is -2.16. The van der Waals surface area contributed by atoms with Crippen molar-refractivity contribution in [3.8, 4) is 0 Å². The van der Waals surface area contributed by atoms with Crippen molar-refractivity contribution < 1.29 is 0 Å². The number of hydrogen-bond acceptors (Lipinski definition) is 5. The normalized spacial score (nSPS) is 17.0. The van der Waals surface area contributed by atoms with E-state index in [-0.39, 0.29) is 11.1 Å². The van der Waals surface area contributed by atoms with Gasteiger partial charge in [0.1, 0.15) is 14.2 Å². The minimum Gasteiger partial charge on any atom is -0.337 e. The fourth-order valence-corrected chi connectivity index (χ4v) is 5.60. The molecule has 6 nitrogen and oxygen atoms in total. The predicted molar refractivity (Wildman–Crippen MR) is 107 cm³/mol. The van der Waals surface area contributed by atoms with Gasteiger partial charge < -0.3 is 9.47 Å². The van der Waals surface area contributed by atoms with Gasteiger partial charge in [0.15, 0.2) is 0 Å². The van der Waals surface area contributed by atoms with Gasteiger partial charge in [0.25, 0.3) is 11.1 Å². The lowest BCUT2D eigenvalue weighted by atomic mass is 10.3. The summed E-state index contributed by atoms with van der Waals surface area (Å²) in [5, 5.41) is 5.27. The molecule has 2 aromatic heterocycles. The van der Waals surface area contributed by atoms with Crippen molar-refractivity contribution in [3.05, 3.63) is 63.7 Å². The maximum absolute atomic E-state index is 12.9. The minimum atomic E-state index is -0.203. The third kappa shape index (κ3) is 2.40. The molecule has 4 rings (SSSR count). The number of thiazole rings is 1. The number of aromatic amines is 1. The van der Waals surface area contributed by atoms with E-state index in [1.807, 2.05) is 30.1 Å². The highest BCUT2D eigenvalue weighted by Gasteiger charge is 2.24. The molecule has 0 saturated heterocycles. The number of hydrogen-bond donors (Lipinski definition) is 1. The zero-order chi connectivity index (χ0) is 18.7. The predicted octanol–water partition coefficient (Wildman–Crippen LogP) is 1.13. The van der Waals surface area contributed by atoms with E-state index >= 15 is 0 Å². The zero-order valence-electron chi connectivity index (χ0n) is 14.3. The Morgan fingerprint density at radius 1 is 1.15 bits per heavy atom. The molecular weight excluding hydrogens is 392 g/mol. The minimum absolute atomic E-state index is 0.138. The maximum atomic E-state index is 12.9. The molecule has 9 heteroatoms. The second-order valence-corrected chi connectivity index (χ2v) is 8.47. The van der Waals surface area contributed by atoms with E-state index in [1.165, 1.54) is 32.3 Å². The number of aryl methyl sites for hydroxylation is 1. The van der Waals surface area contributed by atoms with Crippen LogP contribution in [0.15, 0.2) is 32.7 Å². The fourth-order valence-electron chi connectivity index (χ4n) is 2.95. The van der Waals surface area contributed by atoms with E-state index < -0.39 is 0 Å². The smallest absolute Gasteiger partial charge is 0.277 e. The van der Waals surface area contributed by atoms with Crippen LogP contribution in [0, 0.1) is 9.88 Å². The van der Waals surface area contributed by atoms with E-state index in [0.717, 1.165) is 15.6 Å². The zero-order valence-corrected chi connectivity index (χ0v) is 16.7. The first-order valence-electron chi connectivity index (χ1n) is 7.69. The molecule has 3 heterocycles. The van der Waals surface area contributed by atoms with Crippen molar-refractivity contribution in [1.29, 1.82) is 0 Å². The van der Waals surface area contributed by atoms with Crippen LogP contribution in [0.25, 0.3) is 11.6 Å². The third-order valence-electron chi connectivity index (χ3n) is 4.33. The Morgan fingerprint density at radius 3 is 2.54 bits per heavy atom. The van der Waals surface area contributed by atoms with Crippen LogP contribution in [0.3, 0.4) is 0 Å². The fraction of sp³-hybridized carbons (Fsp3) is 0.176. The van der Waals surface area contributed by atoms with Gasteiger partial charge in [-0.1, -0.05) is 29.9 Å². The molecule has 26 heavy (non-hydrogen) atoms. The summed E-state index contributed by atoms with van der Waals surface area (Å²) in [5.74, 6) is 0. The molecule has 3 aromatic rings. The molecule has 0 saturated carbocycles. The van der Waals surface area contributed by atoms with Crippen LogP contribution in [-0.4, -0.2) is 21.4 Å². The van der Waals surface area contributed by atoms with Crippen molar-refractivity contribution in [3.63, 3.8) is 0 Å². The number of rotatable bonds is 0. The van der Waals surface area contributed by atoms with Crippen molar-refractivity contribution in [2.24, 2.45) is 14.1 Å². The summed E-state index contributed by atoms with van der Waals surface area (Å²) in [6.07, 6.45) is 0. The number of fused-ring (bicyclic) bond motifs is 1. The lowest BCUT2D eigenvalue weighted by Crippen LogP contribution is -2.30. The molecule has 0 unspecified atom stereocenters. The van der Waals surface area contributed by atoms with Gasteiger partial charge in [-0.25, -0.2) is 0 Å². The quantitative estimate of drug-likeness (QED) is 0.608. The largest absolute Gasteiger partial charge is 0.337 e. The average molecular weight is 407 g/mol. The molecular formula is C17H15ClN4O2S2. The van der Waals surface area contributed by atoms with E-state index in [4.69, 9.17) is 11.6 Å². The Balaban J connectivity index is 2.12. The number of anilines is 1. The molecule has 134 valence electrons. The van der Waals surface area contributed by atoms with Crippen LogP contribution in [0.1, 0.15) is 0 Å². The highest BCUT2D eigenvalue weighted by molar-refractivity contribution is 8.08. The summed E-state index contributed by atoms with van der Waals surface area (Å²) in [7, 11) is 5.21. The number of benzene rings is 1. The molecule has 1 aliphatic rings. The Labute approximate surface area is 160 Å². The first-order valence-corrected chi connectivity index (χ1v) is 9.70. The van der Waals surface area contributed by atoms with Crippen LogP contribution >= 0.6 is 34.7 Å². The van der Waals surface area contributed by atoms with Gasteiger partial charge in [0.05, 0.1) is 16.3 Å². The van der Waals surface area contributed by atoms with E-state index in [2.05, 4.69) is 11.7 Å². The van der Waals surface area contributed by atoms with Gasteiger partial charge in [0.2, 0.25) is 0 Å². The van der Waals surface area contributed by atoms with E-state index in [0.29, 0.717) is 24.8 Å². The van der Waals surface area contributed by atoms with Crippen LogP contribution < -0.4 is 25.9 Å². The first-order chi connectivity index (χ1) is 12.3. The Kier molecular flexibility index (Phi) is 3.94. The first kappa shape index (κ1) is 17.3. The highest BCUT2D eigenvalue weighted by atomic mass is 35.5. The van der Waals surface area contributed by atoms with Crippen LogP contribution in [0.2, 0.25) is 5.02 Å². The maximum Gasteiger partial charge on any atom is 0.277 e. The third-order valence-corrected chi connectivity index (χ3v) is 7.17. The number of halogens is 1. The molecule has 0 fully saturated rings. The van der Waals surface area contributed by atoms with Gasteiger partial charge >= 0.3 is 0 Å². The molecule has 0 aliphatic carbocycles. The summed E-state index contributed by atoms with van der Waals surface area (Å²) >= 11 is 8.93. The second kappa shape index (κ2) is 5.94. The van der Waals surface area contributed by atoms with Crippen molar-refractivity contribution >= 4 is 52.0 Å². The standard InChI is InChI=1S/C17H15ClN4O2S2/c1-8-12(14(23)22(4)19-8)16-21(3)15(24)13(26-16)17-20(2)10-7-9(18)5-6-11(10)25-17/h5-7,19H,1H2,2-4H3. The molecule has 0 radical (unpaired) electrons. The summed E-state index contributed by atoms with van der Waals surface area (Å²) < 4.78 is 4.05. The van der Waals surface area contributed by atoms with Crippen molar-refractivity contribution in [1.82, 2.24) is 14.3 Å². The molecule has 0 atom stereocenters. The van der Waals surface area contributed by atoms with Crippen LogP contribution in [0.5, 0.6) is 0 Å². The summed E-state index contributed by atoms with van der Waals surface area (Å²) in [6, 6.07) is 5.66. The molecule has 1 aromatic carbocycles. The Morgan fingerprint density at radius 2 is 1.88 bits per heavy atom. The number of nitrogens with one attached hydrogen (secondary N) is 1. The summed E-state index contributed by atoms with van der Waals surface area (Å²) in [6.45, 7) is 3.89. The lowest BCUT2D eigenvalue weighted by Gasteiger charge is -2.12. The number of nitrogens with zero attached hydrogens (tertiary/aromatic N) is 3. The number of thioether (sulfide) groups is 1. The van der Waals surface area contributed by atoms with E-state index in [9.17, 15) is 9.59 Å². The summed E-state index contributed by atoms with van der Waals surface area (Å²) in [4.78, 5) is 28.3. The SMILES string of the molecule is C=c1[nH]n(C)c(=O)c1=c1sc(=C2Sc3ccc(Cl)cc3N2C)c(=O)n1C. The monoisotopic (exact) mass is 406 g/mol. The van der Waals surface area contributed by atoms with Crippen LogP contribution in [-0.2, 0) is 14.1 Å². The van der Waals surface area contributed by atoms with Crippen molar-refractivity contribution in [2.45, 2.75) is 4.90 Å². The van der Waals surface area contributed by atoms with Gasteiger partial charge in [-0.05, 0) is 18.2 Å². The Bertz CT molecular complexity index is 1380. The van der Waals surface area contributed by atoms with Crippen LogP contribution in [0.4, 0.5) is 5.69 Å². The van der Waals surface area contributed by atoms with E-state index in [1.54, 1.807) is 14.1 Å². The second-order valence-electron chi connectivity index (χ2n) is 6.01. The topological polar surface area (TPSA) is 63.0 Å². The van der Waals surface area contributed by atoms with Gasteiger partial charge in [-0.3, -0.25) is 19.4 Å². The molecule has 0 spiro atoms. The molecule has 0 amide bonds. The lowest BCUT2D eigenvalue weighted by molar-refractivity contribution is 0.731. The van der Waals surface area contributed by atoms with Gasteiger partial charge in [0, 0.05) is 31.1 Å². The number of H-pyrrole nitrogens is 1. The molecule has 1 N–H and O–H groups in total. The highest BCUT2D eigenvalue weighted by Crippen LogP contribution is 2.46. The number of aromatic nitrogens is 3. The molecule has 0 bridgehead atoms.